The van der Waals surface area contributed by atoms with E-state index in [1.54, 1.807) is 55.7 Å². The Labute approximate surface area is 163 Å². The predicted octanol–water partition coefficient (Wildman–Crippen LogP) is 3.92. The number of hydrogen-bond acceptors (Lipinski definition) is 4. The fourth-order valence-electron chi connectivity index (χ4n) is 2.65. The van der Waals surface area contributed by atoms with Crippen LogP contribution in [0.5, 0.6) is 5.75 Å². The normalized spacial score (nSPS) is 11.5. The summed E-state index contributed by atoms with van der Waals surface area (Å²) in [5, 5.41) is 5.55. The summed E-state index contributed by atoms with van der Waals surface area (Å²) in [6.45, 7) is 3.88. The molecule has 0 aliphatic rings. The quantitative estimate of drug-likeness (QED) is 0.653. The first-order valence-corrected chi connectivity index (χ1v) is 8.97. The molecule has 3 aromatic rings. The lowest BCUT2D eigenvalue weighted by Crippen LogP contribution is -2.31. The standard InChI is InChI=1S/C22H22N2O4/c1-15-7-5-8-17(13-15)28-16(2)21(25)24-20-11-4-3-10-19(20)22(26)23-14-18-9-6-12-27-18/h3-13,16H,14H2,1-2H3,(H,23,26)(H,24,25)/t16-/m0/s1. The summed E-state index contributed by atoms with van der Waals surface area (Å²) in [6, 6.07) is 17.8. The summed E-state index contributed by atoms with van der Waals surface area (Å²) in [5.74, 6) is 0.620. The van der Waals surface area contributed by atoms with Crippen LogP contribution in [0.1, 0.15) is 28.6 Å². The van der Waals surface area contributed by atoms with Crippen LogP contribution in [0.4, 0.5) is 5.69 Å². The Bertz CT molecular complexity index is 951. The van der Waals surface area contributed by atoms with E-state index in [0.717, 1.165) is 5.56 Å². The fourth-order valence-corrected chi connectivity index (χ4v) is 2.65. The van der Waals surface area contributed by atoms with Crippen LogP contribution in [0.15, 0.2) is 71.3 Å². The zero-order valence-electron chi connectivity index (χ0n) is 15.8. The third-order valence-corrected chi connectivity index (χ3v) is 4.10. The van der Waals surface area contributed by atoms with Gasteiger partial charge in [-0.1, -0.05) is 24.3 Å². The van der Waals surface area contributed by atoms with Gasteiger partial charge in [0.25, 0.3) is 11.8 Å². The molecule has 2 amide bonds. The molecule has 3 rings (SSSR count). The lowest BCUT2D eigenvalue weighted by atomic mass is 10.1. The van der Waals surface area contributed by atoms with E-state index in [9.17, 15) is 9.59 Å². The Balaban J connectivity index is 1.64. The van der Waals surface area contributed by atoms with E-state index < -0.39 is 6.10 Å². The number of rotatable bonds is 7. The number of nitrogens with one attached hydrogen (secondary N) is 2. The van der Waals surface area contributed by atoms with Gasteiger partial charge in [0.2, 0.25) is 0 Å². The summed E-state index contributed by atoms with van der Waals surface area (Å²) in [7, 11) is 0. The molecule has 28 heavy (non-hydrogen) atoms. The molecular weight excluding hydrogens is 356 g/mol. The Kier molecular flexibility index (Phi) is 6.11. The molecule has 0 aliphatic carbocycles. The number of anilines is 1. The van der Waals surface area contributed by atoms with Gasteiger partial charge in [-0.25, -0.2) is 0 Å². The molecule has 0 radical (unpaired) electrons. The van der Waals surface area contributed by atoms with E-state index in [2.05, 4.69) is 10.6 Å². The van der Waals surface area contributed by atoms with Crippen LogP contribution in [0, 0.1) is 6.92 Å². The Morgan fingerprint density at radius 1 is 1.07 bits per heavy atom. The van der Waals surface area contributed by atoms with Gasteiger partial charge in [0.1, 0.15) is 11.5 Å². The minimum Gasteiger partial charge on any atom is -0.481 e. The smallest absolute Gasteiger partial charge is 0.265 e. The second-order valence-electron chi connectivity index (χ2n) is 6.37. The third-order valence-electron chi connectivity index (χ3n) is 4.10. The van der Waals surface area contributed by atoms with Crippen LogP contribution in [0.25, 0.3) is 0 Å². The maximum Gasteiger partial charge on any atom is 0.265 e. The number of ether oxygens (including phenoxy) is 1. The number of para-hydroxylation sites is 1. The zero-order chi connectivity index (χ0) is 19.9. The minimum atomic E-state index is -0.721. The summed E-state index contributed by atoms with van der Waals surface area (Å²) >= 11 is 0. The molecular formula is C22H22N2O4. The summed E-state index contributed by atoms with van der Waals surface area (Å²) in [6.07, 6.45) is 0.826. The first-order valence-electron chi connectivity index (χ1n) is 8.97. The molecule has 2 N–H and O–H groups in total. The van der Waals surface area contributed by atoms with Gasteiger partial charge in [-0.15, -0.1) is 0 Å². The van der Waals surface area contributed by atoms with Crippen molar-refractivity contribution >= 4 is 17.5 Å². The zero-order valence-corrected chi connectivity index (χ0v) is 15.8. The number of carbonyl (C=O) groups excluding carboxylic acids is 2. The molecule has 0 fully saturated rings. The van der Waals surface area contributed by atoms with Gasteiger partial charge in [-0.3, -0.25) is 9.59 Å². The first-order chi connectivity index (χ1) is 13.5. The summed E-state index contributed by atoms with van der Waals surface area (Å²) in [5.41, 5.74) is 1.83. The van der Waals surface area contributed by atoms with Gasteiger partial charge in [0, 0.05) is 0 Å². The van der Waals surface area contributed by atoms with Crippen molar-refractivity contribution in [1.29, 1.82) is 0 Å². The minimum absolute atomic E-state index is 0.265. The number of furan rings is 1. The molecule has 0 bridgehead atoms. The lowest BCUT2D eigenvalue weighted by molar-refractivity contribution is -0.122. The predicted molar refractivity (Wildman–Crippen MR) is 106 cm³/mol. The highest BCUT2D eigenvalue weighted by Crippen LogP contribution is 2.18. The van der Waals surface area contributed by atoms with Crippen LogP contribution in [-0.2, 0) is 11.3 Å². The van der Waals surface area contributed by atoms with E-state index >= 15 is 0 Å². The van der Waals surface area contributed by atoms with Crippen LogP contribution < -0.4 is 15.4 Å². The van der Waals surface area contributed by atoms with E-state index in [-0.39, 0.29) is 18.4 Å². The van der Waals surface area contributed by atoms with Crippen molar-refractivity contribution in [2.45, 2.75) is 26.5 Å². The molecule has 144 valence electrons. The van der Waals surface area contributed by atoms with Crippen molar-refractivity contribution in [3.63, 3.8) is 0 Å². The van der Waals surface area contributed by atoms with Crippen molar-refractivity contribution in [2.75, 3.05) is 5.32 Å². The molecule has 2 aromatic carbocycles. The SMILES string of the molecule is Cc1cccc(O[C@@H](C)C(=O)Nc2ccccc2C(=O)NCc2ccco2)c1. The number of hydrogen-bond donors (Lipinski definition) is 2. The molecule has 0 spiro atoms. The summed E-state index contributed by atoms with van der Waals surface area (Å²) < 4.78 is 10.9. The highest BCUT2D eigenvalue weighted by Gasteiger charge is 2.18. The largest absolute Gasteiger partial charge is 0.481 e. The summed E-state index contributed by atoms with van der Waals surface area (Å²) in [4.78, 5) is 25.0. The van der Waals surface area contributed by atoms with Crippen LogP contribution in [-0.4, -0.2) is 17.9 Å². The number of amides is 2. The van der Waals surface area contributed by atoms with Crippen molar-refractivity contribution in [2.24, 2.45) is 0 Å². The average Bonchev–Trinajstić information content (AvgIpc) is 3.20. The van der Waals surface area contributed by atoms with Gasteiger partial charge in [-0.2, -0.15) is 0 Å². The molecule has 0 saturated heterocycles. The highest BCUT2D eigenvalue weighted by atomic mass is 16.5. The average molecular weight is 378 g/mol. The van der Waals surface area contributed by atoms with Gasteiger partial charge in [-0.05, 0) is 55.8 Å². The Morgan fingerprint density at radius 2 is 1.89 bits per heavy atom. The molecule has 0 aliphatic heterocycles. The van der Waals surface area contributed by atoms with Gasteiger partial charge < -0.3 is 19.8 Å². The van der Waals surface area contributed by atoms with Crippen LogP contribution in [0.2, 0.25) is 0 Å². The van der Waals surface area contributed by atoms with E-state index in [1.165, 1.54) is 0 Å². The topological polar surface area (TPSA) is 80.6 Å². The van der Waals surface area contributed by atoms with Crippen molar-refractivity contribution in [1.82, 2.24) is 5.32 Å². The molecule has 1 atom stereocenters. The monoisotopic (exact) mass is 378 g/mol. The molecule has 1 heterocycles. The lowest BCUT2D eigenvalue weighted by Gasteiger charge is -2.16. The molecule has 0 saturated carbocycles. The molecule has 6 heteroatoms. The second kappa shape index (κ2) is 8.90. The Morgan fingerprint density at radius 3 is 2.64 bits per heavy atom. The van der Waals surface area contributed by atoms with Crippen molar-refractivity contribution in [3.8, 4) is 5.75 Å². The number of aryl methyl sites for hydroxylation is 1. The van der Waals surface area contributed by atoms with Crippen molar-refractivity contribution in [3.05, 3.63) is 83.8 Å². The number of carbonyl (C=O) groups is 2. The highest BCUT2D eigenvalue weighted by molar-refractivity contribution is 6.04. The molecule has 6 nitrogen and oxygen atoms in total. The van der Waals surface area contributed by atoms with E-state index in [4.69, 9.17) is 9.15 Å². The number of benzene rings is 2. The molecule has 0 unspecified atom stereocenters. The second-order valence-corrected chi connectivity index (χ2v) is 6.37. The fraction of sp³-hybridized carbons (Fsp3) is 0.182. The molecule has 1 aromatic heterocycles. The third kappa shape index (κ3) is 5.01. The van der Waals surface area contributed by atoms with Gasteiger partial charge in [0.05, 0.1) is 24.1 Å². The van der Waals surface area contributed by atoms with Crippen LogP contribution in [0.3, 0.4) is 0 Å². The van der Waals surface area contributed by atoms with E-state index in [1.807, 2.05) is 25.1 Å². The van der Waals surface area contributed by atoms with E-state index in [0.29, 0.717) is 22.8 Å². The van der Waals surface area contributed by atoms with Gasteiger partial charge >= 0.3 is 0 Å². The Hall–Kier alpha value is -3.54. The van der Waals surface area contributed by atoms with Gasteiger partial charge in [0.15, 0.2) is 6.10 Å². The first kappa shape index (κ1) is 19.2. The van der Waals surface area contributed by atoms with Crippen molar-refractivity contribution < 1.29 is 18.7 Å². The maximum absolute atomic E-state index is 12.5. The maximum atomic E-state index is 12.5. The van der Waals surface area contributed by atoms with Crippen LogP contribution >= 0.6 is 0 Å².